The summed E-state index contributed by atoms with van der Waals surface area (Å²) in [6, 6.07) is 5.02. The smallest absolute Gasteiger partial charge is 0.311 e. The minimum Gasteiger partial charge on any atom is -0.483 e. The molecule has 7 heteroatoms. The first-order valence-electron chi connectivity index (χ1n) is 6.46. The number of carboxylic acid groups (broad SMARTS) is 1. The Bertz CT molecular complexity index is 548. The molecule has 0 aliphatic carbocycles. The fourth-order valence-corrected chi connectivity index (χ4v) is 2.66. The fraction of sp³-hybridized carbons (Fsp3) is 0.429. The zero-order valence-corrected chi connectivity index (χ0v) is 13.1. The van der Waals surface area contributed by atoms with Gasteiger partial charge in [0.25, 0.3) is 5.91 Å². The molecule has 1 saturated heterocycles. The number of rotatable bonds is 5. The molecule has 21 heavy (non-hydrogen) atoms. The molecule has 0 radical (unpaired) electrons. The maximum absolute atomic E-state index is 11.8. The highest BCUT2D eigenvalue weighted by molar-refractivity contribution is 9.10. The van der Waals surface area contributed by atoms with E-state index < -0.39 is 17.9 Å². The van der Waals surface area contributed by atoms with Gasteiger partial charge in [0.2, 0.25) is 0 Å². The third-order valence-corrected chi connectivity index (χ3v) is 3.81. The molecule has 6 nitrogen and oxygen atoms in total. The Hall–Kier alpha value is -1.60. The van der Waals surface area contributed by atoms with E-state index in [1.807, 2.05) is 19.1 Å². The first-order chi connectivity index (χ1) is 9.97. The second-order valence-electron chi connectivity index (χ2n) is 4.88. The molecule has 1 aliphatic heterocycles. The van der Waals surface area contributed by atoms with Crippen LogP contribution in [0.3, 0.4) is 0 Å². The molecule has 1 fully saturated rings. The van der Waals surface area contributed by atoms with Crippen LogP contribution in [0.25, 0.3) is 0 Å². The molecule has 0 spiro atoms. The van der Waals surface area contributed by atoms with E-state index in [2.05, 4.69) is 21.2 Å². The maximum Gasteiger partial charge on any atom is 0.311 e. The Morgan fingerprint density at radius 2 is 2.24 bits per heavy atom. The van der Waals surface area contributed by atoms with E-state index in [4.69, 9.17) is 14.6 Å². The van der Waals surface area contributed by atoms with Crippen molar-refractivity contribution in [3.8, 4) is 5.75 Å². The molecule has 1 amide bonds. The molecular formula is C14H16BrNO5. The fourth-order valence-electron chi connectivity index (χ4n) is 2.05. The zero-order chi connectivity index (χ0) is 15.4. The van der Waals surface area contributed by atoms with Crippen molar-refractivity contribution >= 4 is 27.8 Å². The van der Waals surface area contributed by atoms with Crippen LogP contribution in [0.1, 0.15) is 5.56 Å². The van der Waals surface area contributed by atoms with Gasteiger partial charge in [0.15, 0.2) is 6.61 Å². The van der Waals surface area contributed by atoms with Gasteiger partial charge in [-0.05, 0) is 40.5 Å². The molecule has 1 heterocycles. The van der Waals surface area contributed by atoms with Crippen molar-refractivity contribution in [1.29, 1.82) is 0 Å². The normalized spacial score (nSPS) is 21.0. The van der Waals surface area contributed by atoms with Crippen LogP contribution in [-0.4, -0.2) is 42.8 Å². The van der Waals surface area contributed by atoms with E-state index in [9.17, 15) is 9.59 Å². The molecule has 1 aromatic carbocycles. The van der Waals surface area contributed by atoms with Gasteiger partial charge in [0.1, 0.15) is 11.7 Å². The molecule has 2 unspecified atom stereocenters. The minimum atomic E-state index is -0.972. The molecule has 2 rings (SSSR count). The van der Waals surface area contributed by atoms with E-state index in [0.29, 0.717) is 5.75 Å². The van der Waals surface area contributed by atoms with E-state index in [1.165, 1.54) is 0 Å². The number of amides is 1. The summed E-state index contributed by atoms with van der Waals surface area (Å²) in [7, 11) is 0. The predicted octanol–water partition coefficient (Wildman–Crippen LogP) is 1.35. The molecule has 1 aliphatic rings. The number of aliphatic carboxylic acids is 1. The molecule has 2 N–H and O–H groups in total. The Labute approximate surface area is 130 Å². The van der Waals surface area contributed by atoms with Crippen LogP contribution in [-0.2, 0) is 14.3 Å². The lowest BCUT2D eigenvalue weighted by molar-refractivity contribution is -0.142. The highest BCUT2D eigenvalue weighted by Gasteiger charge is 2.35. The quantitative estimate of drug-likeness (QED) is 0.830. The van der Waals surface area contributed by atoms with E-state index in [1.54, 1.807) is 6.07 Å². The number of benzene rings is 1. The van der Waals surface area contributed by atoms with E-state index in [0.717, 1.165) is 10.0 Å². The lowest BCUT2D eigenvalue weighted by Crippen LogP contribution is -2.44. The number of hydrogen-bond acceptors (Lipinski definition) is 4. The third kappa shape index (κ3) is 4.18. The summed E-state index contributed by atoms with van der Waals surface area (Å²) < 4.78 is 11.3. The van der Waals surface area contributed by atoms with Crippen molar-refractivity contribution in [2.75, 3.05) is 19.8 Å². The van der Waals surface area contributed by atoms with Crippen molar-refractivity contribution in [1.82, 2.24) is 5.32 Å². The van der Waals surface area contributed by atoms with Gasteiger partial charge in [-0.3, -0.25) is 9.59 Å². The summed E-state index contributed by atoms with van der Waals surface area (Å²) in [5.74, 6) is -1.49. The highest BCUT2D eigenvalue weighted by Crippen LogP contribution is 2.25. The van der Waals surface area contributed by atoms with Crippen LogP contribution in [0.2, 0.25) is 0 Å². The monoisotopic (exact) mass is 357 g/mol. The number of carboxylic acids is 1. The van der Waals surface area contributed by atoms with Crippen LogP contribution in [0, 0.1) is 12.8 Å². The molecule has 1 aromatic rings. The van der Waals surface area contributed by atoms with Crippen molar-refractivity contribution < 1.29 is 24.2 Å². The first-order valence-corrected chi connectivity index (χ1v) is 7.25. The van der Waals surface area contributed by atoms with Crippen molar-refractivity contribution in [2.24, 2.45) is 5.92 Å². The Morgan fingerprint density at radius 3 is 2.90 bits per heavy atom. The number of nitrogens with one attached hydrogen (secondary N) is 1. The number of ether oxygens (including phenoxy) is 2. The van der Waals surface area contributed by atoms with Crippen LogP contribution >= 0.6 is 15.9 Å². The largest absolute Gasteiger partial charge is 0.483 e. The van der Waals surface area contributed by atoms with Crippen molar-refractivity contribution in [2.45, 2.75) is 13.0 Å². The van der Waals surface area contributed by atoms with Crippen molar-refractivity contribution in [3.63, 3.8) is 0 Å². The van der Waals surface area contributed by atoms with E-state index >= 15 is 0 Å². The standard InChI is InChI=1S/C14H16BrNO5/c1-8-2-3-12(10(15)4-8)21-7-13(17)16-11-6-20-5-9(11)14(18)19/h2-4,9,11H,5-7H2,1H3,(H,16,17)(H,18,19). The Kier molecular flexibility index (Phi) is 5.19. The number of carbonyl (C=O) groups excluding carboxylic acids is 1. The number of hydrogen-bond donors (Lipinski definition) is 2. The van der Waals surface area contributed by atoms with Gasteiger partial charge >= 0.3 is 5.97 Å². The topological polar surface area (TPSA) is 84.9 Å². The minimum absolute atomic E-state index is 0.116. The second-order valence-corrected chi connectivity index (χ2v) is 5.73. The summed E-state index contributed by atoms with van der Waals surface area (Å²) in [5.41, 5.74) is 1.08. The average molecular weight is 358 g/mol. The number of halogens is 1. The van der Waals surface area contributed by atoms with Gasteiger partial charge < -0.3 is 19.9 Å². The lowest BCUT2D eigenvalue weighted by Gasteiger charge is -2.16. The number of carbonyl (C=O) groups is 2. The molecular weight excluding hydrogens is 342 g/mol. The van der Waals surface area contributed by atoms with Crippen LogP contribution in [0.5, 0.6) is 5.75 Å². The Morgan fingerprint density at radius 1 is 1.48 bits per heavy atom. The molecule has 2 atom stereocenters. The van der Waals surface area contributed by atoms with Crippen LogP contribution in [0.15, 0.2) is 22.7 Å². The van der Waals surface area contributed by atoms with Crippen LogP contribution in [0.4, 0.5) is 0 Å². The summed E-state index contributed by atoms with van der Waals surface area (Å²) >= 11 is 3.36. The Balaban J connectivity index is 1.86. The highest BCUT2D eigenvalue weighted by atomic mass is 79.9. The van der Waals surface area contributed by atoms with Gasteiger partial charge in [0, 0.05) is 0 Å². The van der Waals surface area contributed by atoms with Gasteiger partial charge in [-0.25, -0.2) is 0 Å². The summed E-state index contributed by atoms with van der Waals surface area (Å²) in [6.07, 6.45) is 0. The zero-order valence-electron chi connectivity index (χ0n) is 11.5. The van der Waals surface area contributed by atoms with Gasteiger partial charge in [0.05, 0.1) is 23.7 Å². The lowest BCUT2D eigenvalue weighted by atomic mass is 10.0. The average Bonchev–Trinajstić information content (AvgIpc) is 2.86. The molecule has 0 aromatic heterocycles. The first kappa shape index (κ1) is 15.8. The number of aryl methyl sites for hydroxylation is 1. The summed E-state index contributed by atoms with van der Waals surface area (Å²) in [4.78, 5) is 22.8. The van der Waals surface area contributed by atoms with Crippen LogP contribution < -0.4 is 10.1 Å². The molecule has 114 valence electrons. The van der Waals surface area contributed by atoms with Gasteiger partial charge in [-0.2, -0.15) is 0 Å². The second kappa shape index (κ2) is 6.91. The summed E-state index contributed by atoms with van der Waals surface area (Å²) in [6.45, 7) is 2.10. The SMILES string of the molecule is Cc1ccc(OCC(=O)NC2COCC2C(=O)O)c(Br)c1. The summed E-state index contributed by atoms with van der Waals surface area (Å²) in [5, 5.41) is 11.6. The van der Waals surface area contributed by atoms with Gasteiger partial charge in [-0.15, -0.1) is 0 Å². The van der Waals surface area contributed by atoms with Gasteiger partial charge in [-0.1, -0.05) is 6.07 Å². The predicted molar refractivity (Wildman–Crippen MR) is 78.2 cm³/mol. The van der Waals surface area contributed by atoms with Crippen molar-refractivity contribution in [3.05, 3.63) is 28.2 Å². The maximum atomic E-state index is 11.8. The molecule has 0 saturated carbocycles. The third-order valence-electron chi connectivity index (χ3n) is 3.19. The van der Waals surface area contributed by atoms with E-state index in [-0.39, 0.29) is 25.7 Å². The molecule has 0 bridgehead atoms.